The molecule has 0 saturated heterocycles. The summed E-state index contributed by atoms with van der Waals surface area (Å²) in [5.74, 6) is -0.654. The van der Waals surface area contributed by atoms with Crippen molar-refractivity contribution in [3.05, 3.63) is 0 Å². The molecule has 0 rings (SSSR count). The summed E-state index contributed by atoms with van der Waals surface area (Å²) in [4.78, 5) is 46.2. The maximum Gasteiger partial charge on any atom is 0.369 e. The molecular weight excluding hydrogens is 304 g/mol. The Kier molecular flexibility index (Phi) is 6.80. The molecule has 0 amide bonds. The monoisotopic (exact) mass is 321 g/mol. The van der Waals surface area contributed by atoms with Crippen molar-refractivity contribution < 1.29 is 43.3 Å². The summed E-state index contributed by atoms with van der Waals surface area (Å²) in [7, 11) is -10.9. The Morgan fingerprint density at radius 2 is 1.58 bits per heavy atom. The highest BCUT2D eigenvalue weighted by molar-refractivity contribution is 7.72. The van der Waals surface area contributed by atoms with E-state index in [1.54, 1.807) is 0 Å². The lowest BCUT2D eigenvalue weighted by atomic mass is 10.2. The number of hydrogen-bond acceptors (Lipinski definition) is 6. The van der Waals surface area contributed by atoms with Gasteiger partial charge in [-0.2, -0.15) is 0 Å². The molecule has 0 unspecified atom stereocenters. The van der Waals surface area contributed by atoms with Gasteiger partial charge < -0.3 is 29.4 Å². The Morgan fingerprint density at radius 1 is 1.11 bits per heavy atom. The number of aliphatic hydroxyl groups is 1. The fourth-order valence-electron chi connectivity index (χ4n) is 1.26. The van der Waals surface area contributed by atoms with Gasteiger partial charge in [0.25, 0.3) is 5.08 Å². The third-order valence-corrected chi connectivity index (χ3v) is 6.20. The molecule has 0 aliphatic carbocycles. The van der Waals surface area contributed by atoms with Crippen molar-refractivity contribution >= 4 is 21.2 Å². The minimum absolute atomic E-state index is 0.0289. The van der Waals surface area contributed by atoms with Crippen molar-refractivity contribution in [1.29, 1.82) is 0 Å². The summed E-state index contributed by atoms with van der Waals surface area (Å²) in [6, 6.07) is 0. The van der Waals surface area contributed by atoms with Crippen LogP contribution in [0, 0.1) is 0 Å². The fraction of sp³-hybridized carbons (Fsp3) is 0.857. The van der Waals surface area contributed by atoms with E-state index in [0.29, 0.717) is 0 Å². The van der Waals surface area contributed by atoms with Crippen molar-refractivity contribution in [2.24, 2.45) is 5.73 Å². The summed E-state index contributed by atoms with van der Waals surface area (Å²) in [6.45, 7) is -0.312. The first kappa shape index (κ1) is 18.7. The number of rotatable bonds is 8. The van der Waals surface area contributed by atoms with E-state index in [-0.39, 0.29) is 26.0 Å². The van der Waals surface area contributed by atoms with Gasteiger partial charge in [-0.15, -0.1) is 0 Å². The molecule has 0 aromatic heterocycles. The molecular formula is C7H17NO9P2. The molecule has 0 atom stereocenters. The summed E-state index contributed by atoms with van der Waals surface area (Å²) in [6.07, 6.45) is -1.15. The highest BCUT2D eigenvalue weighted by Crippen LogP contribution is 2.69. The van der Waals surface area contributed by atoms with Gasteiger partial charge in [0, 0.05) is 6.42 Å². The van der Waals surface area contributed by atoms with Crippen molar-refractivity contribution in [3.8, 4) is 0 Å². The normalized spacial score (nSPS) is 13.4. The van der Waals surface area contributed by atoms with Crippen LogP contribution >= 0.6 is 15.2 Å². The number of ether oxygens (including phenoxy) is 1. The van der Waals surface area contributed by atoms with E-state index in [4.69, 9.17) is 25.3 Å². The van der Waals surface area contributed by atoms with Gasteiger partial charge in [-0.05, 0) is 19.3 Å². The van der Waals surface area contributed by atoms with E-state index < -0.39 is 32.7 Å². The highest BCUT2D eigenvalue weighted by Gasteiger charge is 2.58. The molecule has 0 aromatic carbocycles. The minimum atomic E-state index is -5.43. The van der Waals surface area contributed by atoms with E-state index >= 15 is 0 Å². The van der Waals surface area contributed by atoms with Crippen LogP contribution in [0.4, 0.5) is 0 Å². The van der Waals surface area contributed by atoms with Crippen molar-refractivity contribution in [2.45, 2.75) is 30.8 Å². The maximum atomic E-state index is 11.0. The predicted molar refractivity (Wildman–Crippen MR) is 62.7 cm³/mol. The second-order valence-electron chi connectivity index (χ2n) is 3.75. The molecule has 19 heavy (non-hydrogen) atoms. The molecule has 0 spiro atoms. The number of unbranched alkanes of at least 4 members (excludes halogenated alkanes) is 1. The van der Waals surface area contributed by atoms with E-state index in [1.807, 2.05) is 0 Å². The molecule has 0 radical (unpaired) electrons. The van der Waals surface area contributed by atoms with Gasteiger partial charge >= 0.3 is 21.2 Å². The molecule has 12 heteroatoms. The Balaban J connectivity index is 4.53. The Morgan fingerprint density at radius 3 is 1.95 bits per heavy atom. The third-order valence-electron chi connectivity index (χ3n) is 2.32. The first-order chi connectivity index (χ1) is 8.45. The molecule has 0 heterocycles. The van der Waals surface area contributed by atoms with E-state index in [0.717, 1.165) is 0 Å². The smallest absolute Gasteiger partial charge is 0.369 e. The van der Waals surface area contributed by atoms with Crippen LogP contribution < -0.4 is 5.73 Å². The van der Waals surface area contributed by atoms with Crippen molar-refractivity contribution in [3.63, 3.8) is 0 Å². The lowest BCUT2D eigenvalue weighted by Crippen LogP contribution is -2.28. The molecule has 0 aromatic rings. The maximum absolute atomic E-state index is 11.0. The molecule has 0 fully saturated rings. The van der Waals surface area contributed by atoms with Gasteiger partial charge in [-0.3, -0.25) is 19.7 Å². The summed E-state index contributed by atoms with van der Waals surface area (Å²) < 4.78 is 26.3. The van der Waals surface area contributed by atoms with Crippen LogP contribution in [0.15, 0.2) is 0 Å². The zero-order valence-electron chi connectivity index (χ0n) is 9.88. The fourth-order valence-corrected chi connectivity index (χ4v) is 3.51. The van der Waals surface area contributed by atoms with Gasteiger partial charge in [0.2, 0.25) is 0 Å². The zero-order chi connectivity index (χ0) is 15.3. The average Bonchev–Trinajstić information content (AvgIpc) is 2.21. The standard InChI is InChI=1S/C7H17NO9P2/c8-5-17-6(9)3-1-2-4-7(10,18(11,12)13)19(14,15)16/h10H,1-5,8H2,(H2,11,12,13)(H2,14,15,16). The van der Waals surface area contributed by atoms with Crippen LogP contribution in [-0.4, -0.2) is 42.5 Å². The SMILES string of the molecule is NCOC(=O)CCCCC(O)(P(=O)(O)O)P(=O)(O)O. The van der Waals surface area contributed by atoms with Gasteiger partial charge in [-0.25, -0.2) is 0 Å². The second-order valence-corrected chi connectivity index (χ2v) is 7.76. The summed E-state index contributed by atoms with van der Waals surface area (Å²) in [5, 5.41) is 6.06. The number of carbonyl (C=O) groups excluding carboxylic acids is 1. The van der Waals surface area contributed by atoms with Crippen LogP contribution in [0.1, 0.15) is 25.7 Å². The Labute approximate surface area is 108 Å². The first-order valence-corrected chi connectivity index (χ1v) is 8.37. The Hall–Kier alpha value is -0.310. The minimum Gasteiger partial charge on any atom is -0.450 e. The van der Waals surface area contributed by atoms with Crippen molar-refractivity contribution in [1.82, 2.24) is 0 Å². The van der Waals surface area contributed by atoms with Gasteiger partial charge in [-0.1, -0.05) is 0 Å². The third kappa shape index (κ3) is 5.29. The van der Waals surface area contributed by atoms with Crippen LogP contribution in [0.3, 0.4) is 0 Å². The summed E-state index contributed by atoms with van der Waals surface area (Å²) in [5.41, 5.74) is 4.93. The van der Waals surface area contributed by atoms with Gasteiger partial charge in [0.1, 0.15) is 6.73 Å². The van der Waals surface area contributed by atoms with Gasteiger partial charge in [0.05, 0.1) is 0 Å². The molecule has 0 aliphatic heterocycles. The number of carbonyl (C=O) groups is 1. The van der Waals surface area contributed by atoms with E-state index in [2.05, 4.69) is 4.74 Å². The topological polar surface area (TPSA) is 188 Å². The zero-order valence-corrected chi connectivity index (χ0v) is 11.7. The molecule has 114 valence electrons. The number of esters is 1. The molecule has 10 nitrogen and oxygen atoms in total. The number of nitrogens with two attached hydrogens (primary N) is 1. The first-order valence-electron chi connectivity index (χ1n) is 5.15. The van der Waals surface area contributed by atoms with Crippen molar-refractivity contribution in [2.75, 3.05) is 6.73 Å². The van der Waals surface area contributed by atoms with Crippen LogP contribution in [0.25, 0.3) is 0 Å². The van der Waals surface area contributed by atoms with Gasteiger partial charge in [0.15, 0.2) is 0 Å². The van der Waals surface area contributed by atoms with Crippen LogP contribution in [0.2, 0.25) is 0 Å². The molecule has 0 aliphatic rings. The largest absolute Gasteiger partial charge is 0.450 e. The predicted octanol–water partition coefficient (Wildman–Crippen LogP) is -0.992. The van der Waals surface area contributed by atoms with Crippen LogP contribution in [-0.2, 0) is 18.7 Å². The van der Waals surface area contributed by atoms with E-state index in [9.17, 15) is 19.0 Å². The quantitative estimate of drug-likeness (QED) is 0.140. The second kappa shape index (κ2) is 6.92. The highest BCUT2D eigenvalue weighted by atomic mass is 31.2. The molecule has 7 N–H and O–H groups in total. The Bertz CT molecular complexity index is 377. The average molecular weight is 321 g/mol. The lowest BCUT2D eigenvalue weighted by molar-refractivity contribution is -0.143. The molecule has 0 saturated carbocycles. The lowest BCUT2D eigenvalue weighted by Gasteiger charge is -2.29. The van der Waals surface area contributed by atoms with E-state index in [1.165, 1.54) is 0 Å². The number of hydrogen-bond donors (Lipinski definition) is 6. The molecule has 0 bridgehead atoms. The van der Waals surface area contributed by atoms with Crippen LogP contribution in [0.5, 0.6) is 0 Å². The summed E-state index contributed by atoms with van der Waals surface area (Å²) >= 11 is 0.